The fourth-order valence-electron chi connectivity index (χ4n) is 4.65. The van der Waals surface area contributed by atoms with Crippen LogP contribution in [0, 0.1) is 5.92 Å². The number of hydrogen-bond acceptors (Lipinski definition) is 3. The lowest BCUT2D eigenvalue weighted by Gasteiger charge is -2.35. The van der Waals surface area contributed by atoms with Crippen molar-refractivity contribution in [1.29, 1.82) is 0 Å². The first-order valence-corrected chi connectivity index (χ1v) is 12.9. The van der Waals surface area contributed by atoms with E-state index in [9.17, 15) is 9.59 Å². The maximum atomic E-state index is 12.5. The second-order valence-electron chi connectivity index (χ2n) is 7.96. The number of carbonyl (C=O) groups excluding carboxylic acids is 2. The van der Waals surface area contributed by atoms with Gasteiger partial charge in [0.15, 0.2) is 13.9 Å². The minimum absolute atomic E-state index is 0.165. The molecule has 0 N–H and O–H groups in total. The van der Waals surface area contributed by atoms with Gasteiger partial charge in [0.1, 0.15) is 12.0 Å². The SMILES string of the molecule is C/C=C/C(=O)C1CC(C[Si](c2ccccc2)(c2ccccc2)c2ccccc2)OC1=O. The van der Waals surface area contributed by atoms with Crippen LogP contribution in [0.4, 0.5) is 0 Å². The molecule has 4 heteroatoms. The van der Waals surface area contributed by atoms with Gasteiger partial charge in [-0.15, -0.1) is 0 Å². The highest BCUT2D eigenvalue weighted by Gasteiger charge is 2.46. The molecule has 0 bridgehead atoms. The Balaban J connectivity index is 1.82. The van der Waals surface area contributed by atoms with Gasteiger partial charge in [-0.3, -0.25) is 9.59 Å². The topological polar surface area (TPSA) is 43.4 Å². The number of carbonyl (C=O) groups is 2. The molecule has 1 heterocycles. The zero-order valence-corrected chi connectivity index (χ0v) is 18.6. The van der Waals surface area contributed by atoms with Crippen molar-refractivity contribution in [3.8, 4) is 0 Å². The number of hydrogen-bond donors (Lipinski definition) is 0. The third kappa shape index (κ3) is 4.16. The van der Waals surface area contributed by atoms with E-state index in [1.54, 1.807) is 13.0 Å². The molecule has 0 aromatic heterocycles. The summed E-state index contributed by atoms with van der Waals surface area (Å²) in [6.45, 7) is 1.79. The third-order valence-electron chi connectivity index (χ3n) is 6.07. The van der Waals surface area contributed by atoms with Gasteiger partial charge in [-0.05, 0) is 34.6 Å². The van der Waals surface area contributed by atoms with Gasteiger partial charge in [0.2, 0.25) is 0 Å². The molecule has 1 saturated heterocycles. The number of allylic oxidation sites excluding steroid dienone is 2. The molecule has 0 amide bonds. The fourth-order valence-corrected chi connectivity index (χ4v) is 9.58. The Hall–Kier alpha value is -3.24. The van der Waals surface area contributed by atoms with E-state index in [0.717, 1.165) is 0 Å². The quantitative estimate of drug-likeness (QED) is 0.192. The summed E-state index contributed by atoms with van der Waals surface area (Å²) in [5.41, 5.74) is 0. The van der Waals surface area contributed by atoms with Crippen LogP contribution in [0.25, 0.3) is 0 Å². The van der Waals surface area contributed by atoms with Crippen LogP contribution in [0.5, 0.6) is 0 Å². The van der Waals surface area contributed by atoms with Crippen molar-refractivity contribution < 1.29 is 14.3 Å². The Labute approximate surface area is 184 Å². The maximum absolute atomic E-state index is 12.5. The summed E-state index contributed by atoms with van der Waals surface area (Å²) in [5.74, 6) is -1.26. The van der Waals surface area contributed by atoms with Gasteiger partial charge >= 0.3 is 5.97 Å². The summed E-state index contributed by atoms with van der Waals surface area (Å²) in [6.07, 6.45) is 3.30. The third-order valence-corrected chi connectivity index (χ3v) is 11.1. The van der Waals surface area contributed by atoms with Gasteiger partial charge in [0.05, 0.1) is 0 Å². The normalized spacial score (nSPS) is 18.8. The van der Waals surface area contributed by atoms with E-state index < -0.39 is 20.0 Å². The molecule has 0 radical (unpaired) electrons. The van der Waals surface area contributed by atoms with Gasteiger partial charge in [-0.25, -0.2) is 0 Å². The predicted octanol–water partition coefficient (Wildman–Crippen LogP) is 3.23. The number of ether oxygens (including phenoxy) is 1. The van der Waals surface area contributed by atoms with E-state index in [1.807, 2.05) is 18.2 Å². The highest BCUT2D eigenvalue weighted by atomic mass is 28.3. The van der Waals surface area contributed by atoms with Crippen molar-refractivity contribution >= 4 is 35.4 Å². The molecule has 31 heavy (non-hydrogen) atoms. The molecule has 156 valence electrons. The van der Waals surface area contributed by atoms with E-state index in [4.69, 9.17) is 4.74 Å². The largest absolute Gasteiger partial charge is 0.462 e. The molecule has 3 aromatic rings. The van der Waals surface area contributed by atoms with Gasteiger partial charge in [-0.1, -0.05) is 97.1 Å². The zero-order chi connectivity index (χ0) is 21.7. The summed E-state index contributed by atoms with van der Waals surface area (Å²) in [5, 5.41) is 3.81. The van der Waals surface area contributed by atoms with E-state index in [0.29, 0.717) is 12.5 Å². The highest BCUT2D eigenvalue weighted by Crippen LogP contribution is 2.29. The van der Waals surface area contributed by atoms with Crippen molar-refractivity contribution in [3.63, 3.8) is 0 Å². The number of esters is 1. The van der Waals surface area contributed by atoms with E-state index in [-0.39, 0.29) is 11.9 Å². The van der Waals surface area contributed by atoms with Crippen molar-refractivity contribution in [3.05, 3.63) is 103 Å². The van der Waals surface area contributed by atoms with Crippen LogP contribution in [0.3, 0.4) is 0 Å². The molecule has 1 aliphatic heterocycles. The average Bonchev–Trinajstić information content (AvgIpc) is 3.19. The molecule has 0 saturated carbocycles. The number of cyclic esters (lactones) is 1. The summed E-state index contributed by atoms with van der Waals surface area (Å²) >= 11 is 0. The Bertz CT molecular complexity index is 965. The van der Waals surface area contributed by atoms with E-state index in [2.05, 4.69) is 72.8 Å². The fraction of sp³-hybridized carbons (Fsp3) is 0.185. The minimum Gasteiger partial charge on any atom is -0.462 e. The molecule has 3 nitrogen and oxygen atoms in total. The summed E-state index contributed by atoms with van der Waals surface area (Å²) in [4.78, 5) is 24.9. The Kier molecular flexibility index (Phi) is 6.28. The molecular formula is C27H26O3Si. The maximum Gasteiger partial charge on any atom is 0.317 e. The second-order valence-corrected chi connectivity index (χ2v) is 11.9. The van der Waals surface area contributed by atoms with Crippen LogP contribution >= 0.6 is 0 Å². The van der Waals surface area contributed by atoms with Crippen molar-refractivity contribution in [2.45, 2.75) is 25.5 Å². The summed E-state index contributed by atoms with van der Waals surface area (Å²) < 4.78 is 5.80. The van der Waals surface area contributed by atoms with Crippen molar-refractivity contribution in [2.75, 3.05) is 0 Å². The Morgan fingerprint density at radius 2 is 1.32 bits per heavy atom. The first-order chi connectivity index (χ1) is 15.1. The molecule has 1 fully saturated rings. The van der Waals surface area contributed by atoms with E-state index >= 15 is 0 Å². The van der Waals surface area contributed by atoms with Gasteiger partial charge in [-0.2, -0.15) is 0 Å². The van der Waals surface area contributed by atoms with Crippen LogP contribution < -0.4 is 15.6 Å². The lowest BCUT2D eigenvalue weighted by atomic mass is 10.0. The van der Waals surface area contributed by atoms with Gasteiger partial charge < -0.3 is 4.74 Å². The van der Waals surface area contributed by atoms with Crippen LogP contribution in [-0.4, -0.2) is 25.9 Å². The highest BCUT2D eigenvalue weighted by molar-refractivity contribution is 7.11. The Morgan fingerprint density at radius 1 is 0.871 bits per heavy atom. The molecule has 3 aromatic carbocycles. The van der Waals surface area contributed by atoms with Crippen LogP contribution in [0.15, 0.2) is 103 Å². The first-order valence-electron chi connectivity index (χ1n) is 10.7. The summed E-state index contributed by atoms with van der Waals surface area (Å²) in [7, 11) is -2.51. The molecule has 4 rings (SSSR count). The van der Waals surface area contributed by atoms with Crippen LogP contribution in [-0.2, 0) is 14.3 Å². The molecule has 1 aliphatic rings. The Morgan fingerprint density at radius 3 is 1.74 bits per heavy atom. The number of benzene rings is 3. The van der Waals surface area contributed by atoms with Gasteiger partial charge in [0.25, 0.3) is 0 Å². The molecule has 0 aliphatic carbocycles. The lowest BCUT2D eigenvalue weighted by Crippen LogP contribution is -2.68. The van der Waals surface area contributed by atoms with Crippen molar-refractivity contribution in [1.82, 2.24) is 0 Å². The molecule has 2 unspecified atom stereocenters. The number of ketones is 1. The number of rotatable bonds is 7. The average molecular weight is 427 g/mol. The predicted molar refractivity (Wildman–Crippen MR) is 127 cm³/mol. The second kappa shape index (κ2) is 9.27. The van der Waals surface area contributed by atoms with Crippen molar-refractivity contribution in [2.24, 2.45) is 5.92 Å². The minimum atomic E-state index is -2.51. The molecule has 0 spiro atoms. The standard InChI is InChI=1S/C27H26O3Si/c1-2-12-26(28)25-19-21(30-27(25)29)20-31(22-13-6-3-7-14-22,23-15-8-4-9-16-23)24-17-10-5-11-18-24/h2-18,21,25H,19-20H2,1H3/b12-2+. The smallest absolute Gasteiger partial charge is 0.317 e. The van der Waals surface area contributed by atoms with E-state index in [1.165, 1.54) is 21.6 Å². The zero-order valence-electron chi connectivity index (χ0n) is 17.6. The van der Waals surface area contributed by atoms with Crippen LogP contribution in [0.1, 0.15) is 13.3 Å². The molecule has 2 atom stereocenters. The molecular weight excluding hydrogens is 400 g/mol. The summed E-state index contributed by atoms with van der Waals surface area (Å²) in [6, 6.07) is 32.3. The first kappa shape index (κ1) is 21.0. The van der Waals surface area contributed by atoms with Crippen LogP contribution in [0.2, 0.25) is 6.04 Å². The lowest BCUT2D eigenvalue weighted by molar-refractivity contribution is -0.145. The van der Waals surface area contributed by atoms with Gasteiger partial charge in [0, 0.05) is 6.42 Å². The monoisotopic (exact) mass is 426 g/mol.